The summed E-state index contributed by atoms with van der Waals surface area (Å²) in [5.41, 5.74) is -0.375. The van der Waals surface area contributed by atoms with Crippen LogP contribution >= 0.6 is 0 Å². The van der Waals surface area contributed by atoms with E-state index in [0.717, 1.165) is 0 Å². The molecule has 2 aliphatic heterocycles. The maximum absolute atomic E-state index is 11.7. The lowest BCUT2D eigenvalue weighted by Gasteiger charge is -2.38. The van der Waals surface area contributed by atoms with E-state index in [9.17, 15) is 9.59 Å². The van der Waals surface area contributed by atoms with Crippen LogP contribution in [0.5, 0.6) is 0 Å². The van der Waals surface area contributed by atoms with Crippen molar-refractivity contribution in [2.75, 3.05) is 33.7 Å². The summed E-state index contributed by atoms with van der Waals surface area (Å²) in [6, 6.07) is 0.0205. The van der Waals surface area contributed by atoms with Crippen LogP contribution in [-0.2, 0) is 4.74 Å². The summed E-state index contributed by atoms with van der Waals surface area (Å²) in [4.78, 5) is 26.1. The number of amides is 3. The molecule has 0 unspecified atom stereocenters. The molecule has 16 heavy (non-hydrogen) atoms. The number of rotatable bonds is 0. The molecule has 0 aromatic rings. The van der Waals surface area contributed by atoms with Crippen LogP contribution in [0.25, 0.3) is 0 Å². The van der Waals surface area contributed by atoms with Gasteiger partial charge in [-0.3, -0.25) is 0 Å². The van der Waals surface area contributed by atoms with Crippen molar-refractivity contribution in [2.45, 2.75) is 18.4 Å². The van der Waals surface area contributed by atoms with E-state index in [-0.39, 0.29) is 17.7 Å². The third-order valence-corrected chi connectivity index (χ3v) is 3.19. The van der Waals surface area contributed by atoms with Gasteiger partial charge in [0.05, 0.1) is 6.54 Å². The van der Waals surface area contributed by atoms with E-state index in [1.165, 1.54) is 0 Å². The highest BCUT2D eigenvalue weighted by Gasteiger charge is 2.43. The Labute approximate surface area is 94.5 Å². The van der Waals surface area contributed by atoms with Gasteiger partial charge in [0.2, 0.25) is 0 Å². The SMILES string of the molecule is CN(C)C(=O)N1CCC2(CC1)CNC(=O)O2. The second-order valence-electron chi connectivity index (χ2n) is 4.59. The van der Waals surface area contributed by atoms with Gasteiger partial charge in [-0.25, -0.2) is 9.59 Å². The standard InChI is InChI=1S/C10H17N3O3/c1-12(2)9(15)13-5-3-10(4-6-13)7-11-8(14)16-10/h3-7H2,1-2H3,(H,11,14). The zero-order valence-electron chi connectivity index (χ0n) is 9.65. The Balaban J connectivity index is 1.92. The van der Waals surface area contributed by atoms with Crippen LogP contribution in [0.3, 0.4) is 0 Å². The Kier molecular flexibility index (Phi) is 2.65. The van der Waals surface area contributed by atoms with Crippen LogP contribution in [0, 0.1) is 0 Å². The van der Waals surface area contributed by atoms with Crippen molar-refractivity contribution in [3.63, 3.8) is 0 Å². The Morgan fingerprint density at radius 3 is 2.50 bits per heavy atom. The predicted octanol–water partition coefficient (Wildman–Crippen LogP) is 0.242. The van der Waals surface area contributed by atoms with Crippen LogP contribution in [0.4, 0.5) is 9.59 Å². The van der Waals surface area contributed by atoms with Gasteiger partial charge in [-0.1, -0.05) is 0 Å². The van der Waals surface area contributed by atoms with Gasteiger partial charge in [0.1, 0.15) is 5.60 Å². The highest BCUT2D eigenvalue weighted by Crippen LogP contribution is 2.29. The summed E-state index contributed by atoms with van der Waals surface area (Å²) in [6.45, 7) is 1.85. The first-order chi connectivity index (χ1) is 7.52. The van der Waals surface area contributed by atoms with Gasteiger partial charge in [-0.15, -0.1) is 0 Å². The molecular formula is C10H17N3O3. The molecule has 0 bridgehead atoms. The van der Waals surface area contributed by atoms with Gasteiger partial charge in [-0.05, 0) is 0 Å². The fraction of sp³-hybridized carbons (Fsp3) is 0.800. The molecule has 0 radical (unpaired) electrons. The number of likely N-dealkylation sites (tertiary alicyclic amines) is 1. The van der Waals surface area contributed by atoms with Crippen LogP contribution in [0.2, 0.25) is 0 Å². The highest BCUT2D eigenvalue weighted by molar-refractivity contribution is 5.74. The van der Waals surface area contributed by atoms with Crippen molar-refractivity contribution in [1.82, 2.24) is 15.1 Å². The van der Waals surface area contributed by atoms with E-state index in [1.807, 2.05) is 0 Å². The first kappa shape index (κ1) is 11.0. The Morgan fingerprint density at radius 2 is 2.06 bits per heavy atom. The van der Waals surface area contributed by atoms with Crippen molar-refractivity contribution in [2.24, 2.45) is 0 Å². The van der Waals surface area contributed by atoms with Gasteiger partial charge < -0.3 is 19.9 Å². The molecule has 2 saturated heterocycles. The molecule has 0 saturated carbocycles. The smallest absolute Gasteiger partial charge is 0.407 e. The molecule has 3 amide bonds. The number of nitrogens with zero attached hydrogens (tertiary/aromatic N) is 2. The summed E-state index contributed by atoms with van der Waals surface area (Å²) in [7, 11) is 3.48. The van der Waals surface area contributed by atoms with E-state index in [2.05, 4.69) is 5.32 Å². The van der Waals surface area contributed by atoms with Gasteiger partial charge in [-0.2, -0.15) is 0 Å². The third kappa shape index (κ3) is 1.91. The average Bonchev–Trinajstić information content (AvgIpc) is 2.60. The van der Waals surface area contributed by atoms with Gasteiger partial charge in [0.25, 0.3) is 0 Å². The maximum Gasteiger partial charge on any atom is 0.407 e. The minimum Gasteiger partial charge on any atom is -0.441 e. The molecule has 0 aromatic heterocycles. The van der Waals surface area contributed by atoms with E-state index < -0.39 is 0 Å². The Morgan fingerprint density at radius 1 is 1.44 bits per heavy atom. The zero-order valence-corrected chi connectivity index (χ0v) is 9.65. The first-order valence-electron chi connectivity index (χ1n) is 5.45. The summed E-state index contributed by atoms with van der Waals surface area (Å²) >= 11 is 0. The fourth-order valence-corrected chi connectivity index (χ4v) is 2.17. The number of nitrogens with one attached hydrogen (secondary N) is 1. The minimum absolute atomic E-state index is 0.0205. The van der Waals surface area contributed by atoms with Crippen molar-refractivity contribution in [3.05, 3.63) is 0 Å². The summed E-state index contributed by atoms with van der Waals surface area (Å²) in [5.74, 6) is 0. The molecule has 6 heteroatoms. The van der Waals surface area contributed by atoms with E-state index in [1.54, 1.807) is 23.9 Å². The van der Waals surface area contributed by atoms with Gasteiger partial charge in [0.15, 0.2) is 0 Å². The summed E-state index contributed by atoms with van der Waals surface area (Å²) in [6.07, 6.45) is 1.09. The van der Waals surface area contributed by atoms with Crippen LogP contribution in [-0.4, -0.2) is 61.3 Å². The number of carbonyl (C=O) groups is 2. The normalized spacial score (nSPS) is 22.9. The van der Waals surface area contributed by atoms with E-state index in [4.69, 9.17) is 4.74 Å². The number of piperidine rings is 1. The minimum atomic E-state index is -0.375. The van der Waals surface area contributed by atoms with Crippen LogP contribution in [0.15, 0.2) is 0 Å². The van der Waals surface area contributed by atoms with Crippen molar-refractivity contribution in [3.8, 4) is 0 Å². The molecule has 2 aliphatic rings. The number of ether oxygens (including phenoxy) is 1. The topological polar surface area (TPSA) is 61.9 Å². The number of alkyl carbamates (subject to hydrolysis) is 1. The number of carbonyl (C=O) groups excluding carboxylic acids is 2. The molecule has 90 valence electrons. The fourth-order valence-electron chi connectivity index (χ4n) is 2.17. The van der Waals surface area contributed by atoms with E-state index >= 15 is 0 Å². The monoisotopic (exact) mass is 227 g/mol. The molecule has 2 rings (SSSR count). The van der Waals surface area contributed by atoms with Crippen molar-refractivity contribution < 1.29 is 14.3 Å². The molecule has 2 fully saturated rings. The quantitative estimate of drug-likeness (QED) is 0.645. The molecule has 2 heterocycles. The van der Waals surface area contributed by atoms with Crippen LogP contribution < -0.4 is 5.32 Å². The van der Waals surface area contributed by atoms with Crippen molar-refractivity contribution >= 4 is 12.1 Å². The van der Waals surface area contributed by atoms with Gasteiger partial charge in [0, 0.05) is 40.0 Å². The molecular weight excluding hydrogens is 210 g/mol. The highest BCUT2D eigenvalue weighted by atomic mass is 16.6. The number of urea groups is 1. The molecule has 6 nitrogen and oxygen atoms in total. The van der Waals surface area contributed by atoms with Crippen molar-refractivity contribution in [1.29, 1.82) is 0 Å². The second-order valence-corrected chi connectivity index (χ2v) is 4.59. The second kappa shape index (κ2) is 3.84. The zero-order chi connectivity index (χ0) is 11.8. The lowest BCUT2D eigenvalue weighted by atomic mass is 9.92. The Hall–Kier alpha value is -1.46. The Bertz CT molecular complexity index is 308. The maximum atomic E-state index is 11.7. The van der Waals surface area contributed by atoms with Crippen LogP contribution in [0.1, 0.15) is 12.8 Å². The molecule has 0 aromatic carbocycles. The first-order valence-corrected chi connectivity index (χ1v) is 5.45. The molecule has 0 aliphatic carbocycles. The largest absolute Gasteiger partial charge is 0.441 e. The summed E-state index contributed by atoms with van der Waals surface area (Å²) in [5, 5.41) is 2.67. The number of hydrogen-bond acceptors (Lipinski definition) is 3. The molecule has 1 spiro atoms. The molecule has 1 N–H and O–H groups in total. The van der Waals surface area contributed by atoms with Gasteiger partial charge >= 0.3 is 12.1 Å². The lowest BCUT2D eigenvalue weighted by molar-refractivity contribution is 0.00742. The van der Waals surface area contributed by atoms with E-state index in [0.29, 0.717) is 32.5 Å². The lowest BCUT2D eigenvalue weighted by Crippen LogP contribution is -2.50. The average molecular weight is 227 g/mol. The predicted molar refractivity (Wildman–Crippen MR) is 57.1 cm³/mol. The molecule has 0 atom stereocenters. The third-order valence-electron chi connectivity index (χ3n) is 3.19. The number of hydrogen-bond donors (Lipinski definition) is 1. The summed E-state index contributed by atoms with van der Waals surface area (Å²) < 4.78 is 5.28.